The van der Waals surface area contributed by atoms with E-state index in [1.165, 1.54) is 14.0 Å². The maximum absolute atomic E-state index is 11.5. The number of ether oxygens (including phenoxy) is 2. The van der Waals surface area contributed by atoms with E-state index in [4.69, 9.17) is 9.47 Å². The van der Waals surface area contributed by atoms with Gasteiger partial charge in [-0.2, -0.15) is 5.11 Å². The standard InChI is InChI=1S/C11H17N3O4/c1-6-9(18-7(2)15)5-4-8-10(11(16)17-3)12-13-14(6)8/h6,8-10H,4-5H2,1-3H3/t6-,8+,9-,10-/m1/s1. The molecule has 0 saturated carbocycles. The molecule has 1 saturated heterocycles. The van der Waals surface area contributed by atoms with Crippen molar-refractivity contribution in [1.82, 2.24) is 5.01 Å². The van der Waals surface area contributed by atoms with E-state index in [0.717, 1.165) is 0 Å². The molecule has 2 rings (SSSR count). The molecule has 2 aliphatic heterocycles. The second-order valence-corrected chi connectivity index (χ2v) is 4.59. The van der Waals surface area contributed by atoms with Crippen molar-refractivity contribution in [2.45, 2.75) is 50.9 Å². The van der Waals surface area contributed by atoms with Gasteiger partial charge in [0.2, 0.25) is 0 Å². The van der Waals surface area contributed by atoms with Crippen LogP contribution in [0.1, 0.15) is 26.7 Å². The second-order valence-electron chi connectivity index (χ2n) is 4.59. The van der Waals surface area contributed by atoms with Crippen molar-refractivity contribution in [3.8, 4) is 0 Å². The summed E-state index contributed by atoms with van der Waals surface area (Å²) < 4.78 is 9.94. The van der Waals surface area contributed by atoms with Crippen LogP contribution >= 0.6 is 0 Å². The lowest BCUT2D eigenvalue weighted by atomic mass is 9.92. The van der Waals surface area contributed by atoms with Crippen LogP contribution in [0.2, 0.25) is 0 Å². The van der Waals surface area contributed by atoms with Crippen LogP contribution in [0, 0.1) is 0 Å². The largest absolute Gasteiger partial charge is 0.467 e. The summed E-state index contributed by atoms with van der Waals surface area (Å²) in [7, 11) is 1.34. The molecule has 2 aliphatic rings. The van der Waals surface area contributed by atoms with E-state index < -0.39 is 6.04 Å². The van der Waals surface area contributed by atoms with Gasteiger partial charge >= 0.3 is 11.9 Å². The molecule has 4 atom stereocenters. The van der Waals surface area contributed by atoms with Gasteiger partial charge in [0.05, 0.1) is 19.2 Å². The van der Waals surface area contributed by atoms with E-state index in [9.17, 15) is 9.59 Å². The third-order valence-electron chi connectivity index (χ3n) is 3.45. The fraction of sp³-hybridized carbons (Fsp3) is 0.818. The minimum Gasteiger partial charge on any atom is -0.467 e. The highest BCUT2D eigenvalue weighted by Crippen LogP contribution is 2.33. The summed E-state index contributed by atoms with van der Waals surface area (Å²) in [6, 6.07) is -0.721. The second kappa shape index (κ2) is 4.91. The monoisotopic (exact) mass is 255 g/mol. The highest BCUT2D eigenvalue weighted by molar-refractivity contribution is 5.77. The smallest absolute Gasteiger partial charge is 0.334 e. The van der Waals surface area contributed by atoms with Crippen LogP contribution in [0.3, 0.4) is 0 Å². The van der Waals surface area contributed by atoms with Crippen LogP contribution in [-0.4, -0.2) is 48.3 Å². The molecular formula is C11H17N3O4. The van der Waals surface area contributed by atoms with Gasteiger partial charge in [0.25, 0.3) is 0 Å². The summed E-state index contributed by atoms with van der Waals surface area (Å²) in [6.07, 6.45) is 1.21. The average Bonchev–Trinajstić information content (AvgIpc) is 2.76. The summed E-state index contributed by atoms with van der Waals surface area (Å²) in [6.45, 7) is 3.31. The quantitative estimate of drug-likeness (QED) is 0.678. The first kappa shape index (κ1) is 12.8. The highest BCUT2D eigenvalue weighted by Gasteiger charge is 2.46. The third kappa shape index (κ3) is 2.16. The van der Waals surface area contributed by atoms with Gasteiger partial charge in [-0.25, -0.2) is 4.79 Å². The molecule has 0 N–H and O–H groups in total. The molecule has 0 bridgehead atoms. The fourth-order valence-electron chi connectivity index (χ4n) is 2.52. The van der Waals surface area contributed by atoms with Gasteiger partial charge in [0.15, 0.2) is 6.04 Å². The molecule has 100 valence electrons. The first-order valence-corrected chi connectivity index (χ1v) is 5.98. The molecule has 7 nitrogen and oxygen atoms in total. The molecule has 2 heterocycles. The summed E-state index contributed by atoms with van der Waals surface area (Å²) in [5.41, 5.74) is 0. The molecule has 0 amide bonds. The summed E-state index contributed by atoms with van der Waals surface area (Å²) in [5.74, 6) is -0.671. The van der Waals surface area contributed by atoms with Crippen molar-refractivity contribution in [2.24, 2.45) is 10.3 Å². The zero-order chi connectivity index (χ0) is 13.3. The van der Waals surface area contributed by atoms with E-state index in [1.807, 2.05) is 6.92 Å². The predicted molar refractivity (Wildman–Crippen MR) is 60.5 cm³/mol. The Morgan fingerprint density at radius 2 is 2.06 bits per heavy atom. The Hall–Kier alpha value is -1.66. The normalized spacial score (nSPS) is 34.1. The minimum absolute atomic E-state index is 0.0777. The Morgan fingerprint density at radius 3 is 2.67 bits per heavy atom. The summed E-state index contributed by atoms with van der Waals surface area (Å²) in [4.78, 5) is 22.5. The molecule has 0 radical (unpaired) electrons. The van der Waals surface area contributed by atoms with E-state index >= 15 is 0 Å². The molecule has 0 spiro atoms. The van der Waals surface area contributed by atoms with Gasteiger partial charge < -0.3 is 9.47 Å². The molecule has 0 aliphatic carbocycles. The van der Waals surface area contributed by atoms with Crippen LogP contribution in [0.15, 0.2) is 10.3 Å². The molecule has 7 heteroatoms. The van der Waals surface area contributed by atoms with Crippen molar-refractivity contribution in [3.63, 3.8) is 0 Å². The van der Waals surface area contributed by atoms with Crippen LogP contribution < -0.4 is 0 Å². The number of hydrogen-bond donors (Lipinski definition) is 0. The topological polar surface area (TPSA) is 80.6 Å². The van der Waals surface area contributed by atoms with Crippen LogP contribution in [0.25, 0.3) is 0 Å². The van der Waals surface area contributed by atoms with E-state index in [0.29, 0.717) is 12.8 Å². The number of esters is 2. The van der Waals surface area contributed by atoms with Crippen molar-refractivity contribution < 1.29 is 19.1 Å². The number of carbonyl (C=O) groups is 2. The average molecular weight is 255 g/mol. The first-order valence-electron chi connectivity index (χ1n) is 5.98. The Kier molecular flexibility index (Phi) is 3.49. The molecule has 0 aromatic heterocycles. The number of hydrogen-bond acceptors (Lipinski definition) is 7. The number of rotatable bonds is 2. The molecule has 0 aromatic rings. The lowest BCUT2D eigenvalue weighted by Gasteiger charge is -2.39. The Labute approximate surface area is 105 Å². The molecular weight excluding hydrogens is 238 g/mol. The Balaban J connectivity index is 2.06. The van der Waals surface area contributed by atoms with Gasteiger partial charge in [-0.05, 0) is 19.8 Å². The summed E-state index contributed by atoms with van der Waals surface area (Å²) in [5, 5.41) is 9.71. The SMILES string of the molecule is COC(=O)[C@@H]1N=NN2[C@H](C)[C@H](OC(C)=O)CC[C@@H]12. The van der Waals surface area contributed by atoms with Crippen LogP contribution in [0.4, 0.5) is 0 Å². The van der Waals surface area contributed by atoms with E-state index in [-0.39, 0.29) is 30.1 Å². The van der Waals surface area contributed by atoms with Crippen molar-refractivity contribution in [2.75, 3.05) is 7.11 Å². The van der Waals surface area contributed by atoms with Gasteiger partial charge in [0.1, 0.15) is 6.10 Å². The van der Waals surface area contributed by atoms with E-state index in [2.05, 4.69) is 10.3 Å². The van der Waals surface area contributed by atoms with Gasteiger partial charge in [-0.1, -0.05) is 5.22 Å². The molecule has 18 heavy (non-hydrogen) atoms. The summed E-state index contributed by atoms with van der Waals surface area (Å²) >= 11 is 0. The number of methoxy groups -OCH3 is 1. The van der Waals surface area contributed by atoms with E-state index in [1.54, 1.807) is 5.01 Å². The van der Waals surface area contributed by atoms with Crippen molar-refractivity contribution in [3.05, 3.63) is 0 Å². The maximum Gasteiger partial charge on any atom is 0.334 e. The molecule has 1 fully saturated rings. The van der Waals surface area contributed by atoms with Gasteiger partial charge in [0, 0.05) is 6.92 Å². The number of carbonyl (C=O) groups excluding carboxylic acids is 2. The zero-order valence-electron chi connectivity index (χ0n) is 10.7. The zero-order valence-corrected chi connectivity index (χ0v) is 10.7. The minimum atomic E-state index is -0.560. The fourth-order valence-corrected chi connectivity index (χ4v) is 2.52. The van der Waals surface area contributed by atoms with Crippen molar-refractivity contribution in [1.29, 1.82) is 0 Å². The first-order chi connectivity index (χ1) is 8.54. The maximum atomic E-state index is 11.5. The van der Waals surface area contributed by atoms with Crippen LogP contribution in [0.5, 0.6) is 0 Å². The number of nitrogens with zero attached hydrogens (tertiary/aromatic N) is 3. The predicted octanol–water partition coefficient (Wildman–Crippen LogP) is 0.693. The number of piperidine rings is 1. The number of fused-ring (bicyclic) bond motifs is 1. The lowest BCUT2D eigenvalue weighted by Crippen LogP contribution is -2.52. The molecule has 0 unspecified atom stereocenters. The van der Waals surface area contributed by atoms with Crippen LogP contribution in [-0.2, 0) is 19.1 Å². The highest BCUT2D eigenvalue weighted by atomic mass is 16.5. The lowest BCUT2D eigenvalue weighted by molar-refractivity contribution is -0.155. The van der Waals surface area contributed by atoms with Crippen molar-refractivity contribution >= 4 is 11.9 Å². The molecule has 0 aromatic carbocycles. The van der Waals surface area contributed by atoms with Gasteiger partial charge in [-0.3, -0.25) is 9.80 Å². The Morgan fingerprint density at radius 1 is 1.33 bits per heavy atom. The van der Waals surface area contributed by atoms with Gasteiger partial charge in [-0.15, -0.1) is 0 Å². The third-order valence-corrected chi connectivity index (χ3v) is 3.45. The Bertz CT molecular complexity index is 384.